The van der Waals surface area contributed by atoms with E-state index in [9.17, 15) is 8.42 Å². The topological polar surface area (TPSA) is 82.4 Å². The van der Waals surface area contributed by atoms with Crippen molar-refractivity contribution in [1.82, 2.24) is 14.3 Å². The van der Waals surface area contributed by atoms with E-state index in [2.05, 4.69) is 9.71 Å². The Morgan fingerprint density at radius 2 is 1.38 bits per heavy atom. The van der Waals surface area contributed by atoms with Gasteiger partial charge in [0.25, 0.3) is 0 Å². The first kappa shape index (κ1) is 23.8. The summed E-state index contributed by atoms with van der Waals surface area (Å²) in [5.41, 5.74) is 5.22. The Balaban J connectivity index is 2.21. The summed E-state index contributed by atoms with van der Waals surface area (Å²) in [6.07, 6.45) is 3.43. The van der Waals surface area contributed by atoms with Crippen LogP contribution >= 0.6 is 0 Å². The predicted molar refractivity (Wildman–Crippen MR) is 125 cm³/mol. The van der Waals surface area contributed by atoms with E-state index in [4.69, 9.17) is 9.47 Å². The lowest BCUT2D eigenvalue weighted by molar-refractivity contribution is 0.392. The van der Waals surface area contributed by atoms with E-state index in [0.29, 0.717) is 27.8 Å². The molecular weight excluding hydrogens is 426 g/mol. The molecule has 1 atom stereocenters. The van der Waals surface area contributed by atoms with Gasteiger partial charge in [0.15, 0.2) is 0 Å². The van der Waals surface area contributed by atoms with Crippen LogP contribution in [0.4, 0.5) is 0 Å². The van der Waals surface area contributed by atoms with Crippen LogP contribution in [0, 0.1) is 34.6 Å². The van der Waals surface area contributed by atoms with Crippen molar-refractivity contribution in [3.63, 3.8) is 0 Å². The number of rotatable bonds is 7. The first-order valence-corrected chi connectivity index (χ1v) is 11.8. The van der Waals surface area contributed by atoms with Crippen LogP contribution < -0.4 is 14.2 Å². The van der Waals surface area contributed by atoms with Gasteiger partial charge < -0.3 is 14.0 Å². The highest BCUT2D eigenvalue weighted by Gasteiger charge is 2.30. The van der Waals surface area contributed by atoms with E-state index in [0.717, 1.165) is 27.8 Å². The Morgan fingerprint density at radius 3 is 1.81 bits per heavy atom. The largest absolute Gasteiger partial charge is 0.497 e. The molecule has 0 aliphatic heterocycles. The van der Waals surface area contributed by atoms with Crippen LogP contribution in [0.5, 0.6) is 11.5 Å². The van der Waals surface area contributed by atoms with E-state index in [-0.39, 0.29) is 0 Å². The summed E-state index contributed by atoms with van der Waals surface area (Å²) in [6, 6.07) is 4.57. The summed E-state index contributed by atoms with van der Waals surface area (Å²) in [4.78, 5) is 4.74. The van der Waals surface area contributed by atoms with Gasteiger partial charge in [-0.15, -0.1) is 0 Å². The van der Waals surface area contributed by atoms with Crippen LogP contribution in [0.2, 0.25) is 0 Å². The zero-order chi connectivity index (χ0) is 23.8. The Labute approximate surface area is 190 Å². The normalized spacial score (nSPS) is 12.6. The molecule has 1 aromatic heterocycles. The van der Waals surface area contributed by atoms with Crippen molar-refractivity contribution in [3.05, 3.63) is 69.8 Å². The maximum absolute atomic E-state index is 13.8. The summed E-state index contributed by atoms with van der Waals surface area (Å²) in [7, 11) is 1.05. The van der Waals surface area contributed by atoms with E-state index < -0.39 is 16.1 Å². The molecular formula is C24H31N3O4S. The molecule has 8 heteroatoms. The molecule has 0 aliphatic carbocycles. The van der Waals surface area contributed by atoms with Crippen molar-refractivity contribution in [3.8, 4) is 11.5 Å². The zero-order valence-corrected chi connectivity index (χ0v) is 20.7. The number of hydrogen-bond acceptors (Lipinski definition) is 5. The van der Waals surface area contributed by atoms with Crippen molar-refractivity contribution in [2.45, 2.75) is 45.6 Å². The molecule has 0 spiro atoms. The van der Waals surface area contributed by atoms with Crippen LogP contribution in [-0.2, 0) is 17.1 Å². The highest BCUT2D eigenvalue weighted by molar-refractivity contribution is 7.89. The Kier molecular flexibility index (Phi) is 6.67. The third kappa shape index (κ3) is 4.25. The fourth-order valence-corrected chi connectivity index (χ4v) is 5.79. The summed E-state index contributed by atoms with van der Waals surface area (Å²) in [5.74, 6) is 1.68. The molecule has 0 radical (unpaired) electrons. The smallest absolute Gasteiger partial charge is 0.242 e. The molecule has 0 bridgehead atoms. The molecule has 7 nitrogen and oxygen atoms in total. The second-order valence-electron chi connectivity index (χ2n) is 8.05. The van der Waals surface area contributed by atoms with Gasteiger partial charge in [-0.2, -0.15) is 4.72 Å². The second-order valence-corrected chi connectivity index (χ2v) is 9.70. The number of ether oxygens (including phenoxy) is 2. The van der Waals surface area contributed by atoms with E-state index in [1.807, 2.05) is 41.7 Å². The van der Waals surface area contributed by atoms with Gasteiger partial charge in [-0.1, -0.05) is 0 Å². The van der Waals surface area contributed by atoms with Crippen LogP contribution in [0.3, 0.4) is 0 Å². The van der Waals surface area contributed by atoms with Crippen LogP contribution in [0.1, 0.15) is 45.2 Å². The molecule has 2 aromatic carbocycles. The minimum Gasteiger partial charge on any atom is -0.497 e. The molecule has 0 amide bonds. The molecule has 0 saturated carbocycles. The molecule has 1 heterocycles. The van der Waals surface area contributed by atoms with Crippen LogP contribution in [-0.4, -0.2) is 32.2 Å². The first-order chi connectivity index (χ1) is 15.0. The van der Waals surface area contributed by atoms with E-state index in [1.54, 1.807) is 49.4 Å². The van der Waals surface area contributed by atoms with Gasteiger partial charge in [-0.05, 0) is 80.1 Å². The van der Waals surface area contributed by atoms with Crippen molar-refractivity contribution >= 4 is 10.0 Å². The number of hydrogen-bond donors (Lipinski definition) is 1. The lowest BCUT2D eigenvalue weighted by Crippen LogP contribution is -2.32. The average Bonchev–Trinajstić information content (AvgIpc) is 3.19. The highest BCUT2D eigenvalue weighted by Crippen LogP contribution is 2.33. The Bertz CT molecular complexity index is 1210. The molecule has 3 aromatic rings. The zero-order valence-electron chi connectivity index (χ0n) is 19.9. The number of nitrogens with one attached hydrogen (secondary N) is 1. The fraction of sp³-hybridized carbons (Fsp3) is 0.375. The quantitative estimate of drug-likeness (QED) is 0.579. The summed E-state index contributed by atoms with van der Waals surface area (Å²) >= 11 is 0. The molecule has 1 N–H and O–H groups in total. The molecule has 0 fully saturated rings. The van der Waals surface area contributed by atoms with Gasteiger partial charge in [0.05, 0.1) is 19.1 Å². The monoisotopic (exact) mass is 457 g/mol. The number of sulfonamides is 1. The lowest BCUT2D eigenvalue weighted by Gasteiger charge is -2.23. The number of benzene rings is 2. The SMILES string of the molecule is COc1cc(OC)cc([C@@H](NS(=O)(=O)c2c(C)c(C)c(C)c(C)c2C)c2nccn2C)c1. The Hall–Kier alpha value is -2.84. The molecule has 0 saturated heterocycles. The molecule has 172 valence electrons. The van der Waals surface area contributed by atoms with Gasteiger partial charge in [0.2, 0.25) is 10.0 Å². The van der Waals surface area contributed by atoms with Crippen LogP contribution in [0.15, 0.2) is 35.5 Å². The van der Waals surface area contributed by atoms with E-state index >= 15 is 0 Å². The third-order valence-electron chi connectivity index (χ3n) is 6.30. The van der Waals surface area contributed by atoms with Gasteiger partial charge in [0.1, 0.15) is 23.4 Å². The Morgan fingerprint density at radius 1 is 0.875 bits per heavy atom. The highest BCUT2D eigenvalue weighted by atomic mass is 32.2. The minimum absolute atomic E-state index is 0.312. The number of aryl methyl sites for hydroxylation is 1. The van der Waals surface area contributed by atoms with Gasteiger partial charge in [0, 0.05) is 25.5 Å². The molecule has 3 rings (SSSR count). The van der Waals surface area contributed by atoms with Gasteiger partial charge in [-0.25, -0.2) is 13.4 Å². The maximum Gasteiger partial charge on any atom is 0.242 e. The lowest BCUT2D eigenvalue weighted by atomic mass is 9.95. The standard InChI is InChI=1S/C24H31N3O4S/c1-14-15(2)17(4)23(18(5)16(14)3)32(28,29)26-22(24-25-9-10-27(24)6)19-11-20(30-7)13-21(12-19)31-8/h9-13,22,26H,1-8H3/t22-/m1/s1. The molecule has 0 unspecified atom stereocenters. The van der Waals surface area contributed by atoms with Crippen molar-refractivity contribution in [2.24, 2.45) is 7.05 Å². The summed E-state index contributed by atoms with van der Waals surface area (Å²) in [6.45, 7) is 9.65. The number of methoxy groups -OCH3 is 2. The average molecular weight is 458 g/mol. The number of nitrogens with zero attached hydrogens (tertiary/aromatic N) is 2. The van der Waals surface area contributed by atoms with Gasteiger partial charge in [-0.3, -0.25) is 0 Å². The first-order valence-electron chi connectivity index (χ1n) is 10.3. The fourth-order valence-electron chi connectivity index (χ4n) is 4.00. The maximum atomic E-state index is 13.8. The molecule has 32 heavy (non-hydrogen) atoms. The predicted octanol–water partition coefficient (Wildman–Crippen LogP) is 4.05. The number of imidazole rings is 1. The van der Waals surface area contributed by atoms with Crippen molar-refractivity contribution < 1.29 is 17.9 Å². The van der Waals surface area contributed by atoms with Crippen LogP contribution in [0.25, 0.3) is 0 Å². The van der Waals surface area contributed by atoms with Crippen molar-refractivity contribution in [1.29, 1.82) is 0 Å². The minimum atomic E-state index is -3.90. The summed E-state index contributed by atoms with van der Waals surface area (Å²) < 4.78 is 43.1. The van der Waals surface area contributed by atoms with E-state index in [1.165, 1.54) is 0 Å². The third-order valence-corrected chi connectivity index (χ3v) is 7.99. The summed E-state index contributed by atoms with van der Waals surface area (Å²) in [5, 5.41) is 0. The second kappa shape index (κ2) is 8.96. The molecule has 0 aliphatic rings. The number of aromatic nitrogens is 2. The van der Waals surface area contributed by atoms with Gasteiger partial charge >= 0.3 is 0 Å². The van der Waals surface area contributed by atoms with Crippen molar-refractivity contribution in [2.75, 3.05) is 14.2 Å².